The molecule has 1 heterocycles. The first kappa shape index (κ1) is 17.3. The van der Waals surface area contributed by atoms with E-state index in [1.807, 2.05) is 50.2 Å². The van der Waals surface area contributed by atoms with Crippen LogP contribution in [-0.2, 0) is 4.79 Å². The number of benzene rings is 2. The number of para-hydroxylation sites is 2. The van der Waals surface area contributed by atoms with Crippen LogP contribution in [0.15, 0.2) is 48.5 Å². The zero-order chi connectivity index (χ0) is 17.8. The fourth-order valence-corrected chi connectivity index (χ4v) is 2.99. The normalized spacial score (nSPS) is 14.7. The van der Waals surface area contributed by atoms with Crippen LogP contribution in [0.5, 0.6) is 0 Å². The van der Waals surface area contributed by atoms with Crippen molar-refractivity contribution in [3.8, 4) is 0 Å². The third-order valence-electron chi connectivity index (χ3n) is 4.50. The lowest BCUT2D eigenvalue weighted by atomic mass is 10.1. The Morgan fingerprint density at radius 3 is 2.20 bits per heavy atom. The van der Waals surface area contributed by atoms with Gasteiger partial charge in [0, 0.05) is 37.8 Å². The van der Waals surface area contributed by atoms with E-state index in [0.29, 0.717) is 0 Å². The van der Waals surface area contributed by atoms with Crippen LogP contribution in [0.4, 0.5) is 21.5 Å². The second-order valence-corrected chi connectivity index (χ2v) is 6.61. The third kappa shape index (κ3) is 4.10. The predicted molar refractivity (Wildman–Crippen MR) is 101 cm³/mol. The molecule has 1 amide bonds. The molecule has 5 heteroatoms. The van der Waals surface area contributed by atoms with Crippen molar-refractivity contribution in [2.45, 2.75) is 13.8 Å². The Labute approximate surface area is 148 Å². The Bertz CT molecular complexity index is 722. The summed E-state index contributed by atoms with van der Waals surface area (Å²) >= 11 is 0. The first-order chi connectivity index (χ1) is 12.0. The number of rotatable bonds is 4. The van der Waals surface area contributed by atoms with Crippen LogP contribution in [0.25, 0.3) is 0 Å². The molecule has 2 aromatic carbocycles. The SMILES string of the molecule is CC(C)C(=O)Nc1ccccc1N1CCN(c2ccc(F)cc2)CC1. The van der Waals surface area contributed by atoms with E-state index < -0.39 is 0 Å². The van der Waals surface area contributed by atoms with Crippen LogP contribution in [0, 0.1) is 11.7 Å². The van der Waals surface area contributed by atoms with Crippen molar-refractivity contribution >= 4 is 23.0 Å². The number of anilines is 3. The van der Waals surface area contributed by atoms with Crippen LogP contribution in [0.2, 0.25) is 0 Å². The molecule has 1 fully saturated rings. The van der Waals surface area contributed by atoms with Gasteiger partial charge in [0.2, 0.25) is 5.91 Å². The molecule has 0 radical (unpaired) electrons. The number of halogens is 1. The Morgan fingerprint density at radius 2 is 1.56 bits per heavy atom. The number of amides is 1. The number of hydrogen-bond acceptors (Lipinski definition) is 3. The Hall–Kier alpha value is -2.56. The summed E-state index contributed by atoms with van der Waals surface area (Å²) in [5.41, 5.74) is 2.95. The standard InChI is InChI=1S/C20H24FN3O/c1-15(2)20(25)22-18-5-3-4-6-19(18)24-13-11-23(12-14-24)17-9-7-16(21)8-10-17/h3-10,15H,11-14H2,1-2H3,(H,22,25). The van der Waals surface area contributed by atoms with Crippen molar-refractivity contribution < 1.29 is 9.18 Å². The summed E-state index contributed by atoms with van der Waals surface area (Å²) < 4.78 is 13.1. The fourth-order valence-electron chi connectivity index (χ4n) is 2.99. The molecular weight excluding hydrogens is 317 g/mol. The molecule has 0 spiro atoms. The van der Waals surface area contributed by atoms with Gasteiger partial charge in [0.1, 0.15) is 5.82 Å². The summed E-state index contributed by atoms with van der Waals surface area (Å²) in [4.78, 5) is 16.6. The molecule has 1 saturated heterocycles. The molecule has 0 aromatic heterocycles. The molecule has 0 aliphatic carbocycles. The minimum Gasteiger partial charge on any atom is -0.368 e. The Balaban J connectivity index is 1.68. The summed E-state index contributed by atoms with van der Waals surface area (Å²) in [6.07, 6.45) is 0. The number of piperazine rings is 1. The van der Waals surface area contributed by atoms with Gasteiger partial charge in [0.15, 0.2) is 0 Å². The van der Waals surface area contributed by atoms with E-state index in [4.69, 9.17) is 0 Å². The summed E-state index contributed by atoms with van der Waals surface area (Å²) in [5.74, 6) is -0.238. The molecule has 0 unspecified atom stereocenters. The van der Waals surface area contributed by atoms with Crippen LogP contribution in [0.1, 0.15) is 13.8 Å². The van der Waals surface area contributed by atoms with E-state index in [1.54, 1.807) is 0 Å². The van der Waals surface area contributed by atoms with E-state index in [0.717, 1.165) is 43.2 Å². The average Bonchev–Trinajstić information content (AvgIpc) is 2.63. The van der Waals surface area contributed by atoms with E-state index in [1.165, 1.54) is 12.1 Å². The van der Waals surface area contributed by atoms with Crippen molar-refractivity contribution in [1.29, 1.82) is 0 Å². The predicted octanol–water partition coefficient (Wildman–Crippen LogP) is 3.75. The summed E-state index contributed by atoms with van der Waals surface area (Å²) in [6.45, 7) is 7.20. The van der Waals surface area contributed by atoms with Gasteiger partial charge in [-0.25, -0.2) is 4.39 Å². The smallest absolute Gasteiger partial charge is 0.226 e. The van der Waals surface area contributed by atoms with Crippen molar-refractivity contribution in [3.05, 3.63) is 54.3 Å². The maximum Gasteiger partial charge on any atom is 0.226 e. The Morgan fingerprint density at radius 1 is 0.960 bits per heavy atom. The molecule has 1 aliphatic rings. The Kier molecular flexibility index (Phi) is 5.22. The zero-order valence-corrected chi connectivity index (χ0v) is 14.7. The van der Waals surface area contributed by atoms with Gasteiger partial charge in [0.25, 0.3) is 0 Å². The van der Waals surface area contributed by atoms with Crippen LogP contribution in [-0.4, -0.2) is 32.1 Å². The van der Waals surface area contributed by atoms with Crippen LogP contribution < -0.4 is 15.1 Å². The average molecular weight is 341 g/mol. The van der Waals surface area contributed by atoms with E-state index in [-0.39, 0.29) is 17.6 Å². The van der Waals surface area contributed by atoms with E-state index >= 15 is 0 Å². The van der Waals surface area contributed by atoms with Gasteiger partial charge in [-0.15, -0.1) is 0 Å². The summed E-state index contributed by atoms with van der Waals surface area (Å²) in [7, 11) is 0. The van der Waals surface area contributed by atoms with Gasteiger partial charge in [-0.05, 0) is 36.4 Å². The number of hydrogen-bond donors (Lipinski definition) is 1. The van der Waals surface area contributed by atoms with Gasteiger partial charge in [-0.1, -0.05) is 26.0 Å². The molecule has 0 bridgehead atoms. The zero-order valence-electron chi connectivity index (χ0n) is 14.7. The molecule has 1 aliphatic heterocycles. The van der Waals surface area contributed by atoms with Crippen molar-refractivity contribution in [2.75, 3.05) is 41.3 Å². The van der Waals surface area contributed by atoms with Gasteiger partial charge in [-0.3, -0.25) is 4.79 Å². The fraction of sp³-hybridized carbons (Fsp3) is 0.350. The van der Waals surface area contributed by atoms with Crippen molar-refractivity contribution in [2.24, 2.45) is 5.92 Å². The second-order valence-electron chi connectivity index (χ2n) is 6.61. The maximum absolute atomic E-state index is 13.1. The molecule has 4 nitrogen and oxygen atoms in total. The molecular formula is C20H24FN3O. The van der Waals surface area contributed by atoms with Gasteiger partial charge in [-0.2, -0.15) is 0 Å². The molecule has 3 rings (SSSR count). The highest BCUT2D eigenvalue weighted by Crippen LogP contribution is 2.28. The molecule has 0 saturated carbocycles. The molecule has 1 N–H and O–H groups in total. The monoisotopic (exact) mass is 341 g/mol. The largest absolute Gasteiger partial charge is 0.368 e. The van der Waals surface area contributed by atoms with Crippen LogP contribution in [0.3, 0.4) is 0 Å². The quantitative estimate of drug-likeness (QED) is 0.920. The number of nitrogens with zero attached hydrogens (tertiary/aromatic N) is 2. The number of carbonyl (C=O) groups is 1. The minimum absolute atomic E-state index is 0.0254. The van der Waals surface area contributed by atoms with E-state index in [2.05, 4.69) is 15.1 Å². The van der Waals surface area contributed by atoms with Crippen LogP contribution >= 0.6 is 0 Å². The summed E-state index contributed by atoms with van der Waals surface area (Å²) in [6, 6.07) is 14.6. The van der Waals surface area contributed by atoms with Crippen molar-refractivity contribution in [3.63, 3.8) is 0 Å². The third-order valence-corrected chi connectivity index (χ3v) is 4.50. The van der Waals surface area contributed by atoms with Gasteiger partial charge < -0.3 is 15.1 Å². The van der Waals surface area contributed by atoms with Gasteiger partial charge >= 0.3 is 0 Å². The lowest BCUT2D eigenvalue weighted by Gasteiger charge is -2.38. The lowest BCUT2D eigenvalue weighted by Crippen LogP contribution is -2.46. The minimum atomic E-state index is -0.211. The van der Waals surface area contributed by atoms with E-state index in [9.17, 15) is 9.18 Å². The molecule has 2 aromatic rings. The molecule has 0 atom stereocenters. The maximum atomic E-state index is 13.1. The van der Waals surface area contributed by atoms with Crippen molar-refractivity contribution in [1.82, 2.24) is 0 Å². The topological polar surface area (TPSA) is 35.6 Å². The highest BCUT2D eigenvalue weighted by atomic mass is 19.1. The molecule has 132 valence electrons. The molecule has 25 heavy (non-hydrogen) atoms. The second kappa shape index (κ2) is 7.55. The highest BCUT2D eigenvalue weighted by molar-refractivity contribution is 5.95. The number of nitrogens with one attached hydrogen (secondary N) is 1. The highest BCUT2D eigenvalue weighted by Gasteiger charge is 2.20. The first-order valence-corrected chi connectivity index (χ1v) is 8.70. The van der Waals surface area contributed by atoms with Gasteiger partial charge in [0.05, 0.1) is 11.4 Å². The summed E-state index contributed by atoms with van der Waals surface area (Å²) in [5, 5.41) is 3.02. The lowest BCUT2D eigenvalue weighted by molar-refractivity contribution is -0.118. The first-order valence-electron chi connectivity index (χ1n) is 8.70. The number of carbonyl (C=O) groups excluding carboxylic acids is 1.